The second-order valence-electron chi connectivity index (χ2n) is 4.64. The quantitative estimate of drug-likeness (QED) is 0.832. The second kappa shape index (κ2) is 6.55. The van der Waals surface area contributed by atoms with E-state index >= 15 is 0 Å². The predicted octanol–water partition coefficient (Wildman–Crippen LogP) is 3.05. The molecule has 0 amide bonds. The molecule has 0 fully saturated rings. The highest BCUT2D eigenvalue weighted by atomic mass is 35.5. The van der Waals surface area contributed by atoms with Crippen LogP contribution < -0.4 is 5.73 Å². The van der Waals surface area contributed by atoms with Crippen LogP contribution in [-0.2, 0) is 17.1 Å². The summed E-state index contributed by atoms with van der Waals surface area (Å²) in [6.45, 7) is 0. The fraction of sp³-hybridized carbons (Fsp3) is 0.188. The number of hydrogen-bond acceptors (Lipinski definition) is 2. The molecule has 0 radical (unpaired) electrons. The molecule has 2 rings (SSSR count). The number of benzene rings is 2. The zero-order valence-electron chi connectivity index (χ0n) is 10.9. The second-order valence-corrected chi connectivity index (χ2v) is 4.90. The van der Waals surface area contributed by atoms with Crippen molar-refractivity contribution < 1.29 is 9.90 Å². The number of carboxylic acid groups (broad SMARTS) is 1. The van der Waals surface area contributed by atoms with Gasteiger partial charge in [-0.25, -0.2) is 0 Å². The van der Waals surface area contributed by atoms with E-state index < -0.39 is 12.0 Å². The summed E-state index contributed by atoms with van der Waals surface area (Å²) in [5.41, 5.74) is 9.67. The molecular weight excluding hydrogens is 274 g/mol. The van der Waals surface area contributed by atoms with Crippen LogP contribution in [0.25, 0.3) is 11.1 Å². The highest BCUT2D eigenvalue weighted by Gasteiger charge is 2.12. The van der Waals surface area contributed by atoms with E-state index in [4.69, 9.17) is 22.4 Å². The van der Waals surface area contributed by atoms with Crippen LogP contribution in [0.2, 0.25) is 0 Å². The summed E-state index contributed by atoms with van der Waals surface area (Å²) < 4.78 is 0. The molecule has 2 aromatic rings. The monoisotopic (exact) mass is 289 g/mol. The summed E-state index contributed by atoms with van der Waals surface area (Å²) in [5.74, 6) is -0.525. The maximum atomic E-state index is 10.7. The molecule has 1 unspecified atom stereocenters. The first-order valence-electron chi connectivity index (χ1n) is 6.33. The molecule has 0 aliphatic rings. The Morgan fingerprint density at radius 2 is 1.80 bits per heavy atom. The van der Waals surface area contributed by atoms with Gasteiger partial charge in [0, 0.05) is 5.88 Å². The fourth-order valence-corrected chi connectivity index (χ4v) is 2.31. The first-order valence-corrected chi connectivity index (χ1v) is 6.87. The lowest BCUT2D eigenvalue weighted by Gasteiger charge is -2.09. The Hall–Kier alpha value is -1.84. The minimum Gasteiger partial charge on any atom is -0.480 e. The molecule has 0 spiro atoms. The Morgan fingerprint density at radius 3 is 2.40 bits per heavy atom. The molecule has 3 N–H and O–H groups in total. The van der Waals surface area contributed by atoms with E-state index in [0.29, 0.717) is 12.3 Å². The van der Waals surface area contributed by atoms with Crippen molar-refractivity contribution in [1.29, 1.82) is 0 Å². The first-order chi connectivity index (χ1) is 9.61. The number of carboxylic acids is 1. The zero-order valence-corrected chi connectivity index (χ0v) is 11.7. The molecule has 0 bridgehead atoms. The van der Waals surface area contributed by atoms with E-state index in [9.17, 15) is 4.79 Å². The van der Waals surface area contributed by atoms with Gasteiger partial charge in [0.15, 0.2) is 0 Å². The average molecular weight is 290 g/mol. The van der Waals surface area contributed by atoms with Gasteiger partial charge in [0.25, 0.3) is 0 Å². The summed E-state index contributed by atoms with van der Waals surface area (Å²) in [7, 11) is 0. The number of halogens is 1. The van der Waals surface area contributed by atoms with Crippen molar-refractivity contribution in [3.8, 4) is 11.1 Å². The Morgan fingerprint density at radius 1 is 1.15 bits per heavy atom. The molecule has 2 aromatic carbocycles. The van der Waals surface area contributed by atoms with Crippen LogP contribution in [0.5, 0.6) is 0 Å². The number of carbonyl (C=O) groups is 1. The number of aliphatic carboxylic acids is 1. The van der Waals surface area contributed by atoms with Crippen LogP contribution >= 0.6 is 11.6 Å². The fourth-order valence-electron chi connectivity index (χ4n) is 2.08. The van der Waals surface area contributed by atoms with Gasteiger partial charge in [-0.15, -0.1) is 11.6 Å². The van der Waals surface area contributed by atoms with E-state index in [2.05, 4.69) is 0 Å². The van der Waals surface area contributed by atoms with Gasteiger partial charge >= 0.3 is 5.97 Å². The molecule has 0 heterocycles. The molecular formula is C16H16ClNO2. The number of rotatable bonds is 5. The third kappa shape index (κ3) is 3.38. The van der Waals surface area contributed by atoms with Crippen molar-refractivity contribution in [3.05, 3.63) is 59.7 Å². The summed E-state index contributed by atoms with van der Waals surface area (Å²) in [6.07, 6.45) is 0.326. The highest BCUT2D eigenvalue weighted by molar-refractivity contribution is 6.17. The first kappa shape index (κ1) is 14.6. The van der Waals surface area contributed by atoms with E-state index in [1.165, 1.54) is 0 Å². The molecule has 0 saturated heterocycles. The third-order valence-corrected chi connectivity index (χ3v) is 3.49. The third-order valence-electron chi connectivity index (χ3n) is 3.20. The molecule has 0 saturated carbocycles. The predicted molar refractivity (Wildman–Crippen MR) is 80.8 cm³/mol. The van der Waals surface area contributed by atoms with Gasteiger partial charge < -0.3 is 10.8 Å². The topological polar surface area (TPSA) is 63.3 Å². The average Bonchev–Trinajstić information content (AvgIpc) is 2.48. The van der Waals surface area contributed by atoms with Crippen LogP contribution in [0.15, 0.2) is 48.5 Å². The van der Waals surface area contributed by atoms with E-state index in [1.54, 1.807) is 0 Å². The Bertz CT molecular complexity index is 596. The molecule has 104 valence electrons. The number of nitrogens with two attached hydrogens (primary N) is 1. The number of hydrogen-bond donors (Lipinski definition) is 2. The van der Waals surface area contributed by atoms with Gasteiger partial charge in [-0.2, -0.15) is 0 Å². The van der Waals surface area contributed by atoms with Gasteiger partial charge in [0.05, 0.1) is 0 Å². The van der Waals surface area contributed by atoms with Gasteiger partial charge in [0.2, 0.25) is 0 Å². The molecule has 1 atom stereocenters. The highest BCUT2D eigenvalue weighted by Crippen LogP contribution is 2.25. The minimum absolute atomic E-state index is 0.326. The van der Waals surface area contributed by atoms with Crippen LogP contribution in [0, 0.1) is 0 Å². The molecule has 0 aliphatic heterocycles. The zero-order chi connectivity index (χ0) is 14.5. The Kier molecular flexibility index (Phi) is 4.77. The summed E-state index contributed by atoms with van der Waals surface area (Å²) in [6, 6.07) is 14.8. The van der Waals surface area contributed by atoms with Gasteiger partial charge in [-0.3, -0.25) is 4.79 Å². The van der Waals surface area contributed by atoms with Gasteiger partial charge in [-0.1, -0.05) is 48.5 Å². The van der Waals surface area contributed by atoms with Crippen LogP contribution in [-0.4, -0.2) is 17.1 Å². The SMILES string of the molecule is NC(Cc1ccc(-c2ccccc2CCl)cc1)C(=O)O. The van der Waals surface area contributed by atoms with Crippen molar-refractivity contribution >= 4 is 17.6 Å². The van der Waals surface area contributed by atoms with E-state index in [-0.39, 0.29) is 0 Å². The number of alkyl halides is 1. The van der Waals surface area contributed by atoms with Crippen molar-refractivity contribution in [2.24, 2.45) is 5.73 Å². The maximum absolute atomic E-state index is 10.7. The van der Waals surface area contributed by atoms with Crippen LogP contribution in [0.4, 0.5) is 0 Å². The smallest absolute Gasteiger partial charge is 0.320 e. The molecule has 20 heavy (non-hydrogen) atoms. The normalized spacial score (nSPS) is 12.1. The van der Waals surface area contributed by atoms with Crippen molar-refractivity contribution in [2.45, 2.75) is 18.3 Å². The molecule has 0 aliphatic carbocycles. The Labute approximate surface area is 123 Å². The van der Waals surface area contributed by atoms with Crippen molar-refractivity contribution in [2.75, 3.05) is 0 Å². The summed E-state index contributed by atoms with van der Waals surface area (Å²) in [4.78, 5) is 10.7. The van der Waals surface area contributed by atoms with Crippen LogP contribution in [0.3, 0.4) is 0 Å². The molecule has 4 heteroatoms. The summed E-state index contributed by atoms with van der Waals surface area (Å²) >= 11 is 5.94. The van der Waals surface area contributed by atoms with E-state index in [1.807, 2.05) is 48.5 Å². The summed E-state index contributed by atoms with van der Waals surface area (Å²) in [5, 5.41) is 8.80. The molecule has 0 aromatic heterocycles. The lowest BCUT2D eigenvalue weighted by atomic mass is 9.98. The standard InChI is InChI=1S/C16H16ClNO2/c17-10-13-3-1-2-4-14(13)12-7-5-11(6-8-12)9-15(18)16(19)20/h1-8,15H,9-10,18H2,(H,19,20). The molecule has 3 nitrogen and oxygen atoms in total. The van der Waals surface area contributed by atoms with Crippen LogP contribution in [0.1, 0.15) is 11.1 Å². The minimum atomic E-state index is -0.985. The van der Waals surface area contributed by atoms with E-state index in [0.717, 1.165) is 22.3 Å². The Balaban J connectivity index is 2.22. The lowest BCUT2D eigenvalue weighted by molar-refractivity contribution is -0.138. The maximum Gasteiger partial charge on any atom is 0.320 e. The van der Waals surface area contributed by atoms with Crippen molar-refractivity contribution in [3.63, 3.8) is 0 Å². The van der Waals surface area contributed by atoms with Gasteiger partial charge in [0.1, 0.15) is 6.04 Å². The largest absolute Gasteiger partial charge is 0.480 e. The van der Waals surface area contributed by atoms with Gasteiger partial charge in [-0.05, 0) is 28.7 Å². The van der Waals surface area contributed by atoms with Crippen molar-refractivity contribution in [1.82, 2.24) is 0 Å². The lowest BCUT2D eigenvalue weighted by Crippen LogP contribution is -2.32.